The first-order valence-corrected chi connectivity index (χ1v) is 11.6. The molecular weight excluding hydrogens is 1160 g/mol. The molecule has 0 aliphatic heterocycles. The molecule has 0 aromatic carbocycles. The number of pyridine rings is 2. The van der Waals surface area contributed by atoms with Gasteiger partial charge in [-0.3, -0.25) is 24.5 Å². The Morgan fingerprint density at radius 3 is 1.60 bits per heavy atom. The van der Waals surface area contributed by atoms with Crippen LogP contribution in [0.15, 0.2) is 48.8 Å². The van der Waals surface area contributed by atoms with Crippen LogP contribution in [0, 0.1) is 0 Å². The number of carbonyl (C=O) groups excluding carboxylic acids is 1. The van der Waals surface area contributed by atoms with Crippen LogP contribution in [-0.2, 0) is 88.7 Å². The predicted octanol–water partition coefficient (Wildman–Crippen LogP) is -1.45. The van der Waals surface area contributed by atoms with Gasteiger partial charge in [0.15, 0.2) is 0 Å². The van der Waals surface area contributed by atoms with Crippen molar-refractivity contribution in [2.75, 3.05) is 6.54 Å². The number of carboxylic acids is 3. The monoisotopic (exact) mass is 1190 g/mol. The zero-order valence-corrected chi connectivity index (χ0v) is 32.1. The van der Waals surface area contributed by atoms with Crippen LogP contribution in [-0.4, -0.2) is 89.1 Å². The third-order valence-corrected chi connectivity index (χ3v) is 5.02. The molecule has 19 heteroatoms. The average Bonchev–Trinajstić information content (AvgIpc) is 2.85. The smallest absolute Gasteiger partial charge is 0.503 e. The van der Waals surface area contributed by atoms with Gasteiger partial charge in [0.2, 0.25) is 0 Å². The van der Waals surface area contributed by atoms with Gasteiger partial charge in [-0.25, -0.2) is 14.4 Å². The Hall–Kier alpha value is -2.32. The fourth-order valence-corrected chi connectivity index (χ4v) is 3.34. The van der Waals surface area contributed by atoms with Crippen LogP contribution in [0.4, 0.5) is 9.59 Å². The molecule has 7 N–H and O–H groups in total. The second-order valence-corrected chi connectivity index (χ2v) is 8.16. The van der Waals surface area contributed by atoms with Crippen molar-refractivity contribution in [2.45, 2.75) is 50.9 Å². The van der Waals surface area contributed by atoms with E-state index in [0.29, 0.717) is 19.6 Å². The minimum absolute atomic E-state index is 0. The maximum atomic E-state index is 12.4. The molecule has 0 aliphatic carbocycles. The second kappa shape index (κ2) is 27.2. The first-order valence-electron chi connectivity index (χ1n) is 11.6. The Kier molecular flexibility index (Phi) is 30.2. The van der Waals surface area contributed by atoms with Gasteiger partial charge in [-0.2, -0.15) is 0 Å². The maximum Gasteiger partial charge on any atom is 0.503 e. The summed E-state index contributed by atoms with van der Waals surface area (Å²) in [5.74, 6) is -3.70. The molecule has 0 bridgehead atoms. The minimum atomic E-state index is -1.83. The number of carbonyl (C=O) groups is 5. The number of urea groups is 1. The van der Waals surface area contributed by atoms with E-state index in [-0.39, 0.29) is 97.5 Å². The van der Waals surface area contributed by atoms with E-state index in [0.717, 1.165) is 11.4 Å². The topological polar surface area (TPSA) is 240 Å². The molecule has 0 fully saturated rings. The molecule has 0 aliphatic rings. The summed E-state index contributed by atoms with van der Waals surface area (Å²) in [6.45, 7) is 1.34. The number of hydrogen-bond donors (Lipinski definition) is 7. The van der Waals surface area contributed by atoms with Crippen molar-refractivity contribution in [1.29, 1.82) is 0 Å². The number of carboxylic acid groups (broad SMARTS) is 5. The molecule has 2 atom stereocenters. The van der Waals surface area contributed by atoms with Crippen LogP contribution in [0.25, 0.3) is 0 Å². The van der Waals surface area contributed by atoms with Gasteiger partial charge in [0, 0.05) is 106 Å². The van der Waals surface area contributed by atoms with Gasteiger partial charge in [-0.15, -0.1) is 0 Å². The number of aliphatic carboxylic acids is 3. The van der Waals surface area contributed by atoms with E-state index in [1.165, 1.54) is 0 Å². The van der Waals surface area contributed by atoms with E-state index in [2.05, 4.69) is 20.6 Å². The standard InChI is InChI=1S/C23H29N5O7.CH2O3.BrH.3Re/c29-20(30)8-7-19(22(33)34)27-23(35)26-16(13-21(31)32)9-12-28(14-17-5-1-3-10-24-17)15-18-6-2-4-11-25-18;2-1(3)4;;;;/h1-6,10-11,16,19H,7-9,12-15H2,(H,29,30)(H,31,32)(H,33,34)(H2,26,27,35);(H2,2,3,4);1H;;;/p-1/t16-,19-;;;;;/m0...../s1. The molecule has 2 aromatic heterocycles. The Bertz CT molecular complexity index is 1050. The average molecular weight is 1190 g/mol. The molecule has 43 heavy (non-hydrogen) atoms. The van der Waals surface area contributed by atoms with Crippen LogP contribution >= 0.6 is 0 Å². The SMILES string of the molecule is O=C(O)CC[C@H](NC(=O)N[C@@H](CCN(Cc1ccccn1)Cc1ccccn1)CC(=O)O)C(=O)O.O=C(O)O.[Br-].[Re].[Re].[Re]. The van der Waals surface area contributed by atoms with Gasteiger partial charge >= 0.3 is 30.1 Å². The Labute approximate surface area is 299 Å². The van der Waals surface area contributed by atoms with E-state index in [1.54, 1.807) is 24.5 Å². The van der Waals surface area contributed by atoms with Crippen molar-refractivity contribution < 1.29 is 128 Å². The molecular formula is C24H31BrN5O10Re3-. The molecule has 2 aromatic rings. The van der Waals surface area contributed by atoms with Crippen molar-refractivity contribution in [3.63, 3.8) is 0 Å². The summed E-state index contributed by atoms with van der Waals surface area (Å²) in [7, 11) is 0. The van der Waals surface area contributed by atoms with Crippen LogP contribution in [0.5, 0.6) is 0 Å². The normalized spacial score (nSPS) is 10.7. The molecule has 15 nitrogen and oxygen atoms in total. The van der Waals surface area contributed by atoms with Gasteiger partial charge in [-0.05, 0) is 37.1 Å². The van der Waals surface area contributed by atoms with Gasteiger partial charge in [0.1, 0.15) is 6.04 Å². The molecule has 0 saturated heterocycles. The fourth-order valence-electron chi connectivity index (χ4n) is 3.34. The summed E-state index contributed by atoms with van der Waals surface area (Å²) in [5.41, 5.74) is 1.62. The molecule has 0 unspecified atom stereocenters. The molecule has 0 saturated carbocycles. The number of aromatic nitrogens is 2. The van der Waals surface area contributed by atoms with Crippen molar-refractivity contribution in [1.82, 2.24) is 25.5 Å². The Morgan fingerprint density at radius 2 is 1.23 bits per heavy atom. The van der Waals surface area contributed by atoms with E-state index >= 15 is 0 Å². The second-order valence-electron chi connectivity index (χ2n) is 8.16. The first-order chi connectivity index (χ1) is 18.5. The summed E-state index contributed by atoms with van der Waals surface area (Å²) in [6, 6.07) is 7.99. The number of rotatable bonds is 15. The third-order valence-electron chi connectivity index (χ3n) is 5.02. The Morgan fingerprint density at radius 1 is 0.744 bits per heavy atom. The fraction of sp³-hybridized carbons (Fsp3) is 0.375. The van der Waals surface area contributed by atoms with Crippen molar-refractivity contribution >= 4 is 30.1 Å². The first kappa shape index (κ1) is 47.6. The van der Waals surface area contributed by atoms with Crippen LogP contribution in [0.1, 0.15) is 37.1 Å². The summed E-state index contributed by atoms with van der Waals surface area (Å²) in [4.78, 5) is 65.0. The van der Waals surface area contributed by atoms with Gasteiger partial charge < -0.3 is 53.1 Å². The molecule has 241 valence electrons. The zero-order valence-electron chi connectivity index (χ0n) is 22.4. The quantitative estimate of drug-likeness (QED) is 0.108. The van der Waals surface area contributed by atoms with E-state index < -0.39 is 48.6 Å². The molecule has 3 radical (unpaired) electrons. The summed E-state index contributed by atoms with van der Waals surface area (Å²) >= 11 is 0. The molecule has 0 spiro atoms. The predicted molar refractivity (Wildman–Crippen MR) is 134 cm³/mol. The van der Waals surface area contributed by atoms with E-state index in [1.807, 2.05) is 29.2 Å². The summed E-state index contributed by atoms with van der Waals surface area (Å²) in [6.07, 6.45) is 0.663. The van der Waals surface area contributed by atoms with Crippen molar-refractivity contribution in [2.24, 2.45) is 0 Å². The Balaban J connectivity index is -0.000000892. The number of hydrogen-bond acceptors (Lipinski definition) is 8. The van der Waals surface area contributed by atoms with Crippen LogP contribution in [0.2, 0.25) is 0 Å². The molecule has 2 amide bonds. The zero-order chi connectivity index (χ0) is 29.2. The minimum Gasteiger partial charge on any atom is -1.00 e. The maximum absolute atomic E-state index is 12.4. The van der Waals surface area contributed by atoms with Crippen molar-refractivity contribution in [3.8, 4) is 0 Å². The summed E-state index contributed by atoms with van der Waals surface area (Å²) < 4.78 is 0. The van der Waals surface area contributed by atoms with E-state index in [9.17, 15) is 29.4 Å². The number of nitrogens with zero attached hydrogens (tertiary/aromatic N) is 3. The van der Waals surface area contributed by atoms with Crippen molar-refractivity contribution in [3.05, 3.63) is 60.2 Å². The van der Waals surface area contributed by atoms with Gasteiger partial charge in [0.25, 0.3) is 0 Å². The molecule has 2 rings (SSSR count). The van der Waals surface area contributed by atoms with E-state index in [4.69, 9.17) is 20.1 Å². The number of halogens is 1. The van der Waals surface area contributed by atoms with Gasteiger partial charge in [-0.1, -0.05) is 12.1 Å². The summed E-state index contributed by atoms with van der Waals surface area (Å²) in [5, 5.41) is 45.9. The third kappa shape index (κ3) is 24.8. The largest absolute Gasteiger partial charge is 1.00 e. The molecule has 2 heterocycles. The van der Waals surface area contributed by atoms with Gasteiger partial charge in [0.05, 0.1) is 17.8 Å². The van der Waals surface area contributed by atoms with Crippen LogP contribution < -0.4 is 27.6 Å². The van der Waals surface area contributed by atoms with Crippen LogP contribution in [0.3, 0.4) is 0 Å². The number of nitrogens with one attached hydrogen (secondary N) is 2. The number of amides is 2.